The van der Waals surface area contributed by atoms with Gasteiger partial charge in [-0.15, -0.1) is 0 Å². The van der Waals surface area contributed by atoms with Crippen LogP contribution in [0.25, 0.3) is 11.2 Å². The summed E-state index contributed by atoms with van der Waals surface area (Å²) in [5.41, 5.74) is 13.8. The molecule has 1 aliphatic rings. The van der Waals surface area contributed by atoms with E-state index in [1.54, 1.807) is 4.57 Å². The Bertz CT molecular complexity index is 1090. The topological polar surface area (TPSA) is 166 Å². The fourth-order valence-corrected chi connectivity index (χ4v) is 4.26. The van der Waals surface area contributed by atoms with E-state index in [9.17, 15) is 15.0 Å². The minimum Gasteiger partial charge on any atom is -0.394 e. The molecule has 5 atom stereocenters. The summed E-state index contributed by atoms with van der Waals surface area (Å²) in [4.78, 5) is 27.5. The summed E-state index contributed by atoms with van der Waals surface area (Å²) in [5, 5.41) is 21.0. The Morgan fingerprint density at radius 2 is 2.03 bits per heavy atom. The van der Waals surface area contributed by atoms with Crippen LogP contribution >= 0.6 is 0 Å². The van der Waals surface area contributed by atoms with Crippen LogP contribution in [0.2, 0.25) is 0 Å². The normalized spacial score (nSPS) is 23.6. The van der Waals surface area contributed by atoms with Gasteiger partial charge < -0.3 is 31.3 Å². The van der Waals surface area contributed by atoms with Gasteiger partial charge in [0, 0.05) is 6.54 Å². The number of aromatic nitrogens is 4. The number of nitrogens with two attached hydrogens (primary N) is 2. The summed E-state index contributed by atoms with van der Waals surface area (Å²) in [6.07, 6.45) is 1.07. The van der Waals surface area contributed by atoms with Gasteiger partial charge in [0.2, 0.25) is 5.91 Å². The maximum absolute atomic E-state index is 13.5. The molecule has 0 radical (unpaired) electrons. The minimum absolute atomic E-state index is 0.203. The van der Waals surface area contributed by atoms with Crippen LogP contribution in [0.3, 0.4) is 0 Å². The Kier molecular flexibility index (Phi) is 6.84. The van der Waals surface area contributed by atoms with E-state index in [4.69, 9.17) is 16.2 Å². The van der Waals surface area contributed by atoms with E-state index in [-0.39, 0.29) is 18.3 Å². The van der Waals surface area contributed by atoms with Gasteiger partial charge in [0.05, 0.1) is 19.0 Å². The molecule has 6 N–H and O–H groups in total. The van der Waals surface area contributed by atoms with Gasteiger partial charge in [0.1, 0.15) is 30.1 Å². The summed E-state index contributed by atoms with van der Waals surface area (Å²) in [6, 6.07) is 7.84. The van der Waals surface area contributed by atoms with Crippen molar-refractivity contribution in [3.05, 3.63) is 48.5 Å². The number of carbonyl (C=O) groups is 1. The molecule has 3 heterocycles. The molecule has 0 bridgehead atoms. The number of carbonyl (C=O) groups excluding carboxylic acids is 1. The molecule has 1 aliphatic heterocycles. The monoisotopic (exact) mass is 455 g/mol. The highest BCUT2D eigenvalue weighted by Gasteiger charge is 2.49. The zero-order valence-electron chi connectivity index (χ0n) is 18.4. The third-order valence-corrected chi connectivity index (χ3v) is 5.93. The summed E-state index contributed by atoms with van der Waals surface area (Å²) in [7, 11) is 0. The molecule has 11 heteroatoms. The van der Waals surface area contributed by atoms with Gasteiger partial charge in [-0.2, -0.15) is 0 Å². The molecule has 2 unspecified atom stereocenters. The lowest BCUT2D eigenvalue weighted by Crippen LogP contribution is -2.54. The van der Waals surface area contributed by atoms with Crippen molar-refractivity contribution < 1.29 is 19.7 Å². The van der Waals surface area contributed by atoms with Gasteiger partial charge >= 0.3 is 0 Å². The third kappa shape index (κ3) is 4.40. The van der Waals surface area contributed by atoms with Crippen LogP contribution in [0.4, 0.5) is 5.82 Å². The molecule has 11 nitrogen and oxygen atoms in total. The van der Waals surface area contributed by atoms with Crippen LogP contribution in [-0.4, -0.2) is 71.4 Å². The first kappa shape index (κ1) is 23.1. The van der Waals surface area contributed by atoms with Crippen LogP contribution in [0.5, 0.6) is 0 Å². The van der Waals surface area contributed by atoms with Crippen molar-refractivity contribution in [3.8, 4) is 0 Å². The molecule has 0 saturated carbocycles. The number of ether oxygens (including phenoxy) is 1. The van der Waals surface area contributed by atoms with Crippen molar-refractivity contribution >= 4 is 22.9 Å². The summed E-state index contributed by atoms with van der Waals surface area (Å²) >= 11 is 0. The number of imidazole rings is 1. The Labute approximate surface area is 191 Å². The van der Waals surface area contributed by atoms with Crippen molar-refractivity contribution in [2.45, 2.75) is 56.8 Å². The number of nitrogens with zero attached hydrogens (tertiary/aromatic N) is 5. The molecular weight excluding hydrogens is 426 g/mol. The van der Waals surface area contributed by atoms with Crippen molar-refractivity contribution in [2.75, 3.05) is 12.3 Å². The highest BCUT2D eigenvalue weighted by atomic mass is 16.5. The molecule has 1 saturated heterocycles. The molecule has 4 rings (SSSR count). The molecule has 2 aromatic heterocycles. The molecule has 1 aromatic carbocycles. The van der Waals surface area contributed by atoms with E-state index in [2.05, 4.69) is 15.0 Å². The highest BCUT2D eigenvalue weighted by Crippen LogP contribution is 2.36. The molecular formula is C22H29N7O4. The van der Waals surface area contributed by atoms with Crippen LogP contribution in [0.1, 0.15) is 31.6 Å². The summed E-state index contributed by atoms with van der Waals surface area (Å²) < 4.78 is 7.63. The lowest BCUT2D eigenvalue weighted by Gasteiger charge is -2.35. The van der Waals surface area contributed by atoms with E-state index in [1.807, 2.05) is 37.3 Å². The summed E-state index contributed by atoms with van der Waals surface area (Å²) in [6.45, 7) is 1.74. The Morgan fingerprint density at radius 3 is 2.73 bits per heavy atom. The first-order valence-corrected chi connectivity index (χ1v) is 10.9. The number of fused-ring (bicyclic) bond motifs is 1. The van der Waals surface area contributed by atoms with Crippen LogP contribution in [-0.2, 0) is 16.1 Å². The first-order chi connectivity index (χ1) is 16.0. The second kappa shape index (κ2) is 9.79. The quantitative estimate of drug-likeness (QED) is 0.371. The minimum atomic E-state index is -1.17. The Balaban J connectivity index is 1.78. The molecule has 3 aromatic rings. The maximum Gasteiger partial charge on any atom is 0.240 e. The van der Waals surface area contributed by atoms with Gasteiger partial charge in [-0.25, -0.2) is 15.0 Å². The number of aliphatic hydroxyl groups excluding tert-OH is 2. The predicted molar refractivity (Wildman–Crippen MR) is 120 cm³/mol. The largest absolute Gasteiger partial charge is 0.394 e. The van der Waals surface area contributed by atoms with Gasteiger partial charge in [0.25, 0.3) is 0 Å². The SMILES string of the molecule is CCCC(N)C(=O)N(Cc1ccccc1)C1[C@@H](O)[C@@H](CO)O[C@H]1n1cnc2c(N)ncnc21. The zero-order valence-corrected chi connectivity index (χ0v) is 18.4. The van der Waals surface area contributed by atoms with Gasteiger partial charge in [-0.1, -0.05) is 43.7 Å². The smallest absolute Gasteiger partial charge is 0.240 e. The predicted octanol–water partition coefficient (Wildman–Crippen LogP) is 0.184. The summed E-state index contributed by atoms with van der Waals surface area (Å²) in [5.74, 6) is -0.106. The number of amides is 1. The van der Waals surface area contributed by atoms with Crippen LogP contribution in [0, 0.1) is 0 Å². The van der Waals surface area contributed by atoms with Crippen molar-refractivity contribution in [1.82, 2.24) is 24.4 Å². The van der Waals surface area contributed by atoms with Crippen molar-refractivity contribution in [3.63, 3.8) is 0 Å². The average Bonchev–Trinajstić information content (AvgIpc) is 3.39. The maximum atomic E-state index is 13.5. The molecule has 33 heavy (non-hydrogen) atoms. The van der Waals surface area contributed by atoms with Gasteiger partial charge in [0.15, 0.2) is 17.7 Å². The fraction of sp³-hybridized carbons (Fsp3) is 0.455. The average molecular weight is 456 g/mol. The number of benzene rings is 1. The van der Waals surface area contributed by atoms with Gasteiger partial charge in [-0.05, 0) is 12.0 Å². The fourth-order valence-electron chi connectivity index (χ4n) is 4.26. The molecule has 1 amide bonds. The second-order valence-electron chi connectivity index (χ2n) is 8.16. The Morgan fingerprint density at radius 1 is 1.27 bits per heavy atom. The molecule has 0 aliphatic carbocycles. The highest BCUT2D eigenvalue weighted by molar-refractivity contribution is 5.83. The lowest BCUT2D eigenvalue weighted by molar-refractivity contribution is -0.140. The number of anilines is 1. The second-order valence-corrected chi connectivity index (χ2v) is 8.16. The van der Waals surface area contributed by atoms with E-state index in [0.717, 1.165) is 12.0 Å². The first-order valence-electron chi connectivity index (χ1n) is 10.9. The third-order valence-electron chi connectivity index (χ3n) is 5.93. The van der Waals surface area contributed by atoms with E-state index >= 15 is 0 Å². The zero-order chi connectivity index (χ0) is 23.5. The lowest BCUT2D eigenvalue weighted by atomic mass is 10.0. The van der Waals surface area contributed by atoms with Crippen molar-refractivity contribution in [1.29, 1.82) is 0 Å². The molecule has 0 spiro atoms. The van der Waals surface area contributed by atoms with Crippen molar-refractivity contribution in [2.24, 2.45) is 5.73 Å². The van der Waals surface area contributed by atoms with Gasteiger partial charge in [-0.3, -0.25) is 9.36 Å². The number of aliphatic hydroxyl groups is 2. The standard InChI is InChI=1S/C22H29N7O4/c1-2-6-14(23)21(32)28(9-13-7-4-3-5-8-13)17-18(31)15(10-30)33-22(17)29-12-27-16-19(24)25-11-26-20(16)29/h3-5,7-8,11-12,14-15,17-18,22,30-31H,2,6,9-10,23H2,1H3,(H2,24,25,26)/t14?,15-,17?,18+,22-/m1/s1. The number of rotatable bonds is 8. The van der Waals surface area contributed by atoms with Crippen LogP contribution in [0.15, 0.2) is 43.0 Å². The van der Waals surface area contributed by atoms with Crippen LogP contribution < -0.4 is 11.5 Å². The van der Waals surface area contributed by atoms with E-state index in [1.165, 1.54) is 17.6 Å². The number of hydrogen-bond donors (Lipinski definition) is 4. The molecule has 1 fully saturated rings. The molecule has 176 valence electrons. The van der Waals surface area contributed by atoms with E-state index in [0.29, 0.717) is 17.6 Å². The van der Waals surface area contributed by atoms with E-state index < -0.39 is 37.1 Å². The Hall–Kier alpha value is -3.12. The number of hydrogen-bond acceptors (Lipinski definition) is 9. The number of nitrogen functional groups attached to an aromatic ring is 1.